The van der Waals surface area contributed by atoms with Crippen LogP contribution in [0, 0.1) is 5.82 Å². The first-order valence-corrected chi connectivity index (χ1v) is 10.5. The summed E-state index contributed by atoms with van der Waals surface area (Å²) in [6.45, 7) is 0.429. The third-order valence-corrected chi connectivity index (χ3v) is 5.77. The van der Waals surface area contributed by atoms with Gasteiger partial charge in [-0.2, -0.15) is 23.4 Å². The molecule has 186 valence electrons. The van der Waals surface area contributed by atoms with Crippen LogP contribution in [-0.2, 0) is 13.2 Å². The summed E-state index contributed by atoms with van der Waals surface area (Å²) in [4.78, 5) is 14.5. The van der Waals surface area contributed by atoms with Crippen LogP contribution in [0.15, 0.2) is 36.8 Å². The van der Waals surface area contributed by atoms with Gasteiger partial charge in [0.2, 0.25) is 0 Å². The highest BCUT2D eigenvalue weighted by Gasteiger charge is 2.59. The maximum atomic E-state index is 13.6. The molecule has 1 atom stereocenters. The molecule has 1 aliphatic carbocycles. The zero-order valence-electron chi connectivity index (χ0n) is 18.1. The number of aromatic nitrogens is 4. The topological polar surface area (TPSA) is 77.2 Å². The molecule has 1 unspecified atom stereocenters. The van der Waals surface area contributed by atoms with Gasteiger partial charge in [-0.1, -0.05) is 0 Å². The molecule has 0 radical (unpaired) electrons. The van der Waals surface area contributed by atoms with Gasteiger partial charge in [-0.15, -0.1) is 0 Å². The summed E-state index contributed by atoms with van der Waals surface area (Å²) in [5.41, 5.74) is -0.715. The van der Waals surface area contributed by atoms with Crippen LogP contribution >= 0.6 is 0 Å². The molecule has 2 aromatic heterocycles. The minimum Gasteiger partial charge on any atom is -0.487 e. The molecule has 1 amide bonds. The SMILES string of the molecule is Cn1ncc(C(=O)Nc2cnn(C3CC3(F)F)c2)c1N1CC(Oc2cc(F)cc(C(F)(F)F)c2)C1. The first kappa shape index (κ1) is 23.1. The first-order valence-electron chi connectivity index (χ1n) is 10.5. The zero-order chi connectivity index (χ0) is 25.1. The van der Waals surface area contributed by atoms with Crippen LogP contribution in [0.4, 0.5) is 37.8 Å². The van der Waals surface area contributed by atoms with Crippen molar-refractivity contribution in [2.24, 2.45) is 7.05 Å². The predicted molar refractivity (Wildman–Crippen MR) is 110 cm³/mol. The van der Waals surface area contributed by atoms with Crippen molar-refractivity contribution in [3.05, 3.63) is 53.7 Å². The number of rotatable bonds is 6. The number of hydrogen-bond acceptors (Lipinski definition) is 5. The van der Waals surface area contributed by atoms with Gasteiger partial charge in [-0.25, -0.2) is 13.2 Å². The Morgan fingerprint density at radius 1 is 1.17 bits per heavy atom. The number of ether oxygens (including phenoxy) is 1. The standard InChI is InChI=1S/C21H18F6N6O2/c1-31-19(32-9-15(10-32)35-14-3-11(21(25,26)27)2-12(22)4-14)16(7-28-31)18(34)30-13-6-29-33(8-13)17-5-20(17,23)24/h2-4,6-8,15,17H,5,9-10H2,1H3,(H,30,34). The maximum absolute atomic E-state index is 13.6. The Morgan fingerprint density at radius 2 is 1.89 bits per heavy atom. The molecule has 3 aromatic rings. The number of nitrogens with one attached hydrogen (secondary N) is 1. The summed E-state index contributed by atoms with van der Waals surface area (Å²) in [6.07, 6.45) is -1.63. The largest absolute Gasteiger partial charge is 0.487 e. The molecule has 0 spiro atoms. The number of halogens is 6. The molecule has 14 heteroatoms. The number of hydrogen-bond donors (Lipinski definition) is 1. The lowest BCUT2D eigenvalue weighted by Crippen LogP contribution is -2.55. The Labute approximate surface area is 194 Å². The fourth-order valence-corrected chi connectivity index (χ4v) is 3.90. The Balaban J connectivity index is 1.23. The van der Waals surface area contributed by atoms with Gasteiger partial charge >= 0.3 is 6.18 Å². The minimum absolute atomic E-state index is 0.195. The average Bonchev–Trinajstić information content (AvgIpc) is 3.04. The van der Waals surface area contributed by atoms with Crippen molar-refractivity contribution in [2.45, 2.75) is 30.7 Å². The van der Waals surface area contributed by atoms with Crippen LogP contribution in [0.1, 0.15) is 28.4 Å². The van der Waals surface area contributed by atoms with E-state index >= 15 is 0 Å². The second-order valence-corrected chi connectivity index (χ2v) is 8.47. The summed E-state index contributed by atoms with van der Waals surface area (Å²) < 4.78 is 86.8. The van der Waals surface area contributed by atoms with E-state index in [1.165, 1.54) is 23.3 Å². The third kappa shape index (κ3) is 4.51. The second kappa shape index (κ2) is 7.92. The minimum atomic E-state index is -4.71. The van der Waals surface area contributed by atoms with Crippen LogP contribution in [0.25, 0.3) is 0 Å². The van der Waals surface area contributed by atoms with E-state index in [-0.39, 0.29) is 36.5 Å². The third-order valence-electron chi connectivity index (χ3n) is 5.77. The molecule has 5 rings (SSSR count). The van der Waals surface area contributed by atoms with E-state index in [0.717, 1.165) is 16.8 Å². The highest BCUT2D eigenvalue weighted by molar-refractivity contribution is 6.07. The van der Waals surface area contributed by atoms with Gasteiger partial charge < -0.3 is 15.0 Å². The van der Waals surface area contributed by atoms with Crippen LogP contribution in [0.2, 0.25) is 0 Å². The smallest absolute Gasteiger partial charge is 0.416 e. The van der Waals surface area contributed by atoms with Crippen LogP contribution in [0.5, 0.6) is 5.75 Å². The summed E-state index contributed by atoms with van der Waals surface area (Å²) in [6, 6.07) is 0.969. The molecule has 1 saturated heterocycles. The second-order valence-electron chi connectivity index (χ2n) is 8.47. The van der Waals surface area contributed by atoms with Crippen molar-refractivity contribution in [3.8, 4) is 5.75 Å². The number of carbonyl (C=O) groups excluding carboxylic acids is 1. The van der Waals surface area contributed by atoms with Crippen molar-refractivity contribution in [1.82, 2.24) is 19.6 Å². The number of carbonyl (C=O) groups is 1. The molecule has 3 heterocycles. The van der Waals surface area contributed by atoms with Crippen molar-refractivity contribution in [1.29, 1.82) is 0 Å². The van der Waals surface area contributed by atoms with Gasteiger partial charge in [0.15, 0.2) is 0 Å². The fraction of sp³-hybridized carbons (Fsp3) is 0.381. The fourth-order valence-electron chi connectivity index (χ4n) is 3.90. The molecule has 1 N–H and O–H groups in total. The van der Waals surface area contributed by atoms with E-state index in [4.69, 9.17) is 4.74 Å². The molecule has 0 bridgehead atoms. The van der Waals surface area contributed by atoms with Gasteiger partial charge in [0, 0.05) is 25.7 Å². The van der Waals surface area contributed by atoms with E-state index in [9.17, 15) is 31.1 Å². The zero-order valence-corrected chi connectivity index (χ0v) is 18.1. The van der Waals surface area contributed by atoms with Gasteiger partial charge in [0.05, 0.1) is 36.7 Å². The van der Waals surface area contributed by atoms with E-state index in [0.29, 0.717) is 11.9 Å². The lowest BCUT2D eigenvalue weighted by atomic mass is 10.1. The van der Waals surface area contributed by atoms with Crippen LogP contribution in [-0.4, -0.2) is 50.6 Å². The monoisotopic (exact) mass is 500 g/mol. The van der Waals surface area contributed by atoms with Crippen LogP contribution < -0.4 is 15.0 Å². The van der Waals surface area contributed by atoms with Crippen LogP contribution in [0.3, 0.4) is 0 Å². The number of amides is 1. The molecular formula is C21H18F6N6O2. The van der Waals surface area contributed by atoms with Crippen molar-refractivity contribution in [2.75, 3.05) is 23.3 Å². The van der Waals surface area contributed by atoms with E-state index < -0.39 is 41.5 Å². The first-order chi connectivity index (χ1) is 16.4. The average molecular weight is 500 g/mol. The van der Waals surface area contributed by atoms with E-state index in [1.807, 2.05) is 0 Å². The van der Waals surface area contributed by atoms with Crippen molar-refractivity contribution >= 4 is 17.4 Å². The summed E-state index contributed by atoms with van der Waals surface area (Å²) >= 11 is 0. The highest BCUT2D eigenvalue weighted by atomic mass is 19.4. The highest BCUT2D eigenvalue weighted by Crippen LogP contribution is 2.52. The molecule has 1 saturated carbocycles. The summed E-state index contributed by atoms with van der Waals surface area (Å²) in [7, 11) is 1.61. The molecule has 1 aromatic carbocycles. The normalized spacial score (nSPS) is 19.4. The maximum Gasteiger partial charge on any atom is 0.416 e. The molecule has 2 fully saturated rings. The Hall–Kier alpha value is -3.71. The van der Waals surface area contributed by atoms with E-state index in [1.54, 1.807) is 11.9 Å². The van der Waals surface area contributed by atoms with Gasteiger partial charge in [0.1, 0.15) is 35.1 Å². The van der Waals surface area contributed by atoms with Gasteiger partial charge in [0.25, 0.3) is 11.8 Å². The Kier molecular flexibility index (Phi) is 5.21. The molecular weight excluding hydrogens is 482 g/mol. The van der Waals surface area contributed by atoms with Crippen molar-refractivity contribution < 1.29 is 35.9 Å². The Morgan fingerprint density at radius 3 is 2.54 bits per heavy atom. The molecule has 2 aliphatic rings. The van der Waals surface area contributed by atoms with Crippen molar-refractivity contribution in [3.63, 3.8) is 0 Å². The van der Waals surface area contributed by atoms with Gasteiger partial charge in [-0.05, 0) is 12.1 Å². The number of benzene rings is 1. The summed E-state index contributed by atoms with van der Waals surface area (Å²) in [5, 5.41) is 10.5. The lowest BCUT2D eigenvalue weighted by molar-refractivity contribution is -0.137. The molecule has 1 aliphatic heterocycles. The molecule has 35 heavy (non-hydrogen) atoms. The Bertz CT molecular complexity index is 1280. The summed E-state index contributed by atoms with van der Waals surface area (Å²) in [5.74, 6) is -4.23. The van der Waals surface area contributed by atoms with Gasteiger partial charge in [-0.3, -0.25) is 14.2 Å². The predicted octanol–water partition coefficient (Wildman–Crippen LogP) is 3.87. The number of alkyl halides is 5. The quantitative estimate of drug-likeness (QED) is 0.520. The number of aryl methyl sites for hydroxylation is 1. The number of nitrogens with zero attached hydrogens (tertiary/aromatic N) is 5. The molecule has 8 nitrogen and oxygen atoms in total. The van der Waals surface area contributed by atoms with E-state index in [2.05, 4.69) is 15.5 Å². The number of anilines is 2. The lowest BCUT2D eigenvalue weighted by Gasteiger charge is -2.40.